The molecule has 1 aromatic rings. The highest BCUT2D eigenvalue weighted by Crippen LogP contribution is 2.27. The fourth-order valence-electron chi connectivity index (χ4n) is 1.32. The van der Waals surface area contributed by atoms with E-state index in [4.69, 9.17) is 15.3 Å². The van der Waals surface area contributed by atoms with Crippen LogP contribution in [0.4, 0.5) is 0 Å². The van der Waals surface area contributed by atoms with Crippen LogP contribution in [0.3, 0.4) is 0 Å². The number of benzene rings is 1. The minimum atomic E-state index is -0.170. The summed E-state index contributed by atoms with van der Waals surface area (Å²) in [6.07, 6.45) is 0.240. The van der Waals surface area contributed by atoms with Gasteiger partial charge < -0.3 is 9.47 Å². The molecule has 0 bridgehead atoms. The average molecular weight is 238 g/mol. The van der Waals surface area contributed by atoms with Gasteiger partial charge in [0, 0.05) is 7.05 Å². The van der Waals surface area contributed by atoms with Crippen molar-refractivity contribution < 1.29 is 14.3 Å². The lowest BCUT2D eigenvalue weighted by Crippen LogP contribution is -2.33. The van der Waals surface area contributed by atoms with Gasteiger partial charge in [0.15, 0.2) is 11.5 Å². The van der Waals surface area contributed by atoms with Gasteiger partial charge in [0.1, 0.15) is 0 Å². The van der Waals surface area contributed by atoms with Crippen molar-refractivity contribution in [1.82, 2.24) is 5.01 Å². The molecule has 0 heterocycles. The van der Waals surface area contributed by atoms with Crippen LogP contribution in [-0.4, -0.2) is 31.7 Å². The summed E-state index contributed by atoms with van der Waals surface area (Å²) < 4.78 is 10.7. The number of rotatable bonds is 5. The predicted octanol–water partition coefficient (Wildman–Crippen LogP) is 1.10. The summed E-state index contributed by atoms with van der Waals surface area (Å²) in [7, 11) is 3.09. The molecule has 0 spiro atoms. The molecule has 0 saturated carbocycles. The molecule has 0 atom stereocenters. The first-order valence-electron chi connectivity index (χ1n) is 5.33. The topological polar surface area (TPSA) is 64.8 Å². The maximum absolute atomic E-state index is 11.2. The number of carbonyl (C=O) groups is 1. The van der Waals surface area contributed by atoms with Crippen molar-refractivity contribution in [2.45, 2.75) is 13.3 Å². The Balaban J connectivity index is 2.54. The molecule has 0 aliphatic carbocycles. The van der Waals surface area contributed by atoms with E-state index in [2.05, 4.69) is 0 Å². The lowest BCUT2D eigenvalue weighted by Gasteiger charge is -2.12. The van der Waals surface area contributed by atoms with E-state index < -0.39 is 0 Å². The highest BCUT2D eigenvalue weighted by atomic mass is 16.5. The molecular weight excluding hydrogens is 220 g/mol. The third-order valence-electron chi connectivity index (χ3n) is 2.29. The fourth-order valence-corrected chi connectivity index (χ4v) is 1.32. The van der Waals surface area contributed by atoms with Gasteiger partial charge in [-0.1, -0.05) is 6.07 Å². The highest BCUT2D eigenvalue weighted by Gasteiger charge is 2.07. The molecule has 94 valence electrons. The number of hydrogen-bond donors (Lipinski definition) is 1. The fraction of sp³-hybridized carbons (Fsp3) is 0.417. The number of ether oxygens (including phenoxy) is 2. The Kier molecular flexibility index (Phi) is 4.78. The number of aryl methyl sites for hydroxylation is 1. The number of methoxy groups -OCH3 is 1. The average Bonchev–Trinajstić information content (AvgIpc) is 2.30. The Hall–Kier alpha value is -1.75. The Bertz CT molecular complexity index is 391. The molecule has 0 saturated heterocycles. The van der Waals surface area contributed by atoms with E-state index in [1.54, 1.807) is 7.11 Å². The van der Waals surface area contributed by atoms with Crippen molar-refractivity contribution >= 4 is 5.91 Å². The highest BCUT2D eigenvalue weighted by molar-refractivity contribution is 5.75. The summed E-state index contributed by atoms with van der Waals surface area (Å²) in [5.41, 5.74) is 1.09. The molecule has 17 heavy (non-hydrogen) atoms. The summed E-state index contributed by atoms with van der Waals surface area (Å²) in [6.45, 7) is 2.25. The first-order chi connectivity index (χ1) is 8.04. The van der Waals surface area contributed by atoms with Crippen molar-refractivity contribution in [2.24, 2.45) is 5.84 Å². The van der Waals surface area contributed by atoms with Crippen LogP contribution in [0.25, 0.3) is 0 Å². The molecule has 0 aromatic heterocycles. The lowest BCUT2D eigenvalue weighted by atomic mass is 10.2. The molecule has 0 aliphatic heterocycles. The van der Waals surface area contributed by atoms with Crippen molar-refractivity contribution in [1.29, 1.82) is 0 Å². The van der Waals surface area contributed by atoms with Crippen LogP contribution in [-0.2, 0) is 4.79 Å². The standard InChI is InChI=1S/C12H18N2O3/c1-9-4-5-10(11(8-9)16-3)17-7-6-12(15)14(2)13/h4-5,8H,6-7,13H2,1-3H3. The first-order valence-corrected chi connectivity index (χ1v) is 5.33. The maximum atomic E-state index is 11.2. The summed E-state index contributed by atoms with van der Waals surface area (Å²) in [6, 6.07) is 5.63. The molecular formula is C12H18N2O3. The van der Waals surface area contributed by atoms with E-state index in [1.807, 2.05) is 25.1 Å². The smallest absolute Gasteiger partial charge is 0.239 e. The quantitative estimate of drug-likeness (QED) is 0.474. The third kappa shape index (κ3) is 3.96. The molecule has 1 aromatic carbocycles. The number of nitrogens with zero attached hydrogens (tertiary/aromatic N) is 1. The normalized spacial score (nSPS) is 9.88. The Labute approximate surface area is 101 Å². The first kappa shape index (κ1) is 13.3. The molecule has 0 unspecified atom stereocenters. The van der Waals surface area contributed by atoms with Crippen LogP contribution >= 0.6 is 0 Å². The van der Waals surface area contributed by atoms with Crippen LogP contribution < -0.4 is 15.3 Å². The van der Waals surface area contributed by atoms with Crippen LogP contribution in [0, 0.1) is 6.92 Å². The second kappa shape index (κ2) is 6.10. The van der Waals surface area contributed by atoms with Gasteiger partial charge in [0.2, 0.25) is 5.91 Å². The van der Waals surface area contributed by atoms with E-state index in [0.717, 1.165) is 10.6 Å². The number of nitrogens with two attached hydrogens (primary N) is 1. The van der Waals surface area contributed by atoms with Gasteiger partial charge >= 0.3 is 0 Å². The minimum absolute atomic E-state index is 0.170. The summed E-state index contributed by atoms with van der Waals surface area (Å²) >= 11 is 0. The lowest BCUT2D eigenvalue weighted by molar-refractivity contribution is -0.130. The summed E-state index contributed by atoms with van der Waals surface area (Å²) in [5, 5.41) is 1.05. The number of amides is 1. The second-order valence-electron chi connectivity index (χ2n) is 3.76. The second-order valence-corrected chi connectivity index (χ2v) is 3.76. The molecule has 5 nitrogen and oxygen atoms in total. The molecule has 1 rings (SSSR count). The van der Waals surface area contributed by atoms with E-state index >= 15 is 0 Å². The van der Waals surface area contributed by atoms with Crippen molar-refractivity contribution in [3.63, 3.8) is 0 Å². The van der Waals surface area contributed by atoms with Gasteiger partial charge in [0.25, 0.3) is 0 Å². The molecule has 1 amide bonds. The van der Waals surface area contributed by atoms with Crippen molar-refractivity contribution in [3.8, 4) is 11.5 Å². The zero-order valence-corrected chi connectivity index (χ0v) is 10.4. The molecule has 2 N–H and O–H groups in total. The van der Waals surface area contributed by atoms with E-state index in [9.17, 15) is 4.79 Å². The third-order valence-corrected chi connectivity index (χ3v) is 2.29. The minimum Gasteiger partial charge on any atom is -0.493 e. The van der Waals surface area contributed by atoms with Crippen LogP contribution in [0.2, 0.25) is 0 Å². The van der Waals surface area contributed by atoms with E-state index in [1.165, 1.54) is 7.05 Å². The largest absolute Gasteiger partial charge is 0.493 e. The predicted molar refractivity (Wildman–Crippen MR) is 64.8 cm³/mol. The van der Waals surface area contributed by atoms with Crippen molar-refractivity contribution in [3.05, 3.63) is 23.8 Å². The Morgan fingerprint density at radius 1 is 1.41 bits per heavy atom. The van der Waals surface area contributed by atoms with E-state index in [0.29, 0.717) is 11.5 Å². The monoisotopic (exact) mass is 238 g/mol. The van der Waals surface area contributed by atoms with Gasteiger partial charge in [-0.2, -0.15) is 0 Å². The Morgan fingerprint density at radius 3 is 2.71 bits per heavy atom. The number of carbonyl (C=O) groups excluding carboxylic acids is 1. The van der Waals surface area contributed by atoms with Gasteiger partial charge in [0.05, 0.1) is 20.1 Å². The van der Waals surface area contributed by atoms with Crippen LogP contribution in [0.5, 0.6) is 11.5 Å². The summed E-state index contributed by atoms with van der Waals surface area (Å²) in [5.74, 6) is 6.42. The maximum Gasteiger partial charge on any atom is 0.239 e. The van der Waals surface area contributed by atoms with Gasteiger partial charge in [-0.05, 0) is 24.6 Å². The zero-order valence-electron chi connectivity index (χ0n) is 10.4. The van der Waals surface area contributed by atoms with Gasteiger partial charge in [-0.3, -0.25) is 9.80 Å². The van der Waals surface area contributed by atoms with Crippen LogP contribution in [0.15, 0.2) is 18.2 Å². The molecule has 0 aliphatic rings. The SMILES string of the molecule is COc1cc(C)ccc1OCCC(=O)N(C)N. The van der Waals surface area contributed by atoms with Crippen molar-refractivity contribution in [2.75, 3.05) is 20.8 Å². The summed E-state index contributed by atoms with van der Waals surface area (Å²) in [4.78, 5) is 11.2. The van der Waals surface area contributed by atoms with Gasteiger partial charge in [-0.15, -0.1) is 0 Å². The number of hydrazine groups is 1. The molecule has 5 heteroatoms. The molecule has 0 fully saturated rings. The van der Waals surface area contributed by atoms with Crippen LogP contribution in [0.1, 0.15) is 12.0 Å². The zero-order chi connectivity index (χ0) is 12.8. The number of hydrogen-bond acceptors (Lipinski definition) is 4. The van der Waals surface area contributed by atoms with Gasteiger partial charge in [-0.25, -0.2) is 5.84 Å². The van der Waals surface area contributed by atoms with E-state index in [-0.39, 0.29) is 18.9 Å². The Morgan fingerprint density at radius 2 is 2.12 bits per heavy atom. The molecule has 0 radical (unpaired) electrons.